The molecule has 2 aliphatic heterocycles. The molecule has 0 radical (unpaired) electrons. The molecular weight excluding hydrogens is 234 g/mol. The van der Waals surface area contributed by atoms with Crippen molar-refractivity contribution < 1.29 is 14.7 Å². The van der Waals surface area contributed by atoms with Gasteiger partial charge in [-0.15, -0.1) is 0 Å². The van der Waals surface area contributed by atoms with Gasteiger partial charge < -0.3 is 14.8 Å². The molecule has 6 heteroatoms. The molecule has 0 bridgehead atoms. The van der Waals surface area contributed by atoms with Crippen LogP contribution in [0.15, 0.2) is 16.3 Å². The molecule has 0 amide bonds. The van der Waals surface area contributed by atoms with Gasteiger partial charge in [0.05, 0.1) is 6.54 Å². The summed E-state index contributed by atoms with van der Waals surface area (Å²) in [5.74, 6) is 0.0116. The van der Waals surface area contributed by atoms with Gasteiger partial charge >= 0.3 is 5.97 Å². The van der Waals surface area contributed by atoms with Crippen molar-refractivity contribution in [2.24, 2.45) is 4.99 Å². The molecule has 18 heavy (non-hydrogen) atoms. The number of amidine groups is 1. The Morgan fingerprint density at radius 3 is 2.83 bits per heavy atom. The summed E-state index contributed by atoms with van der Waals surface area (Å²) in [5.41, 5.74) is 1.94. The molecule has 98 valence electrons. The van der Waals surface area contributed by atoms with E-state index in [0.717, 1.165) is 29.9 Å². The minimum absolute atomic E-state index is 0.0343. The van der Waals surface area contributed by atoms with Gasteiger partial charge in [-0.25, -0.2) is 0 Å². The number of piperazine rings is 1. The Hall–Kier alpha value is -1.69. The van der Waals surface area contributed by atoms with Gasteiger partial charge in [0.15, 0.2) is 0 Å². The van der Waals surface area contributed by atoms with Crippen molar-refractivity contribution in [2.75, 3.05) is 26.2 Å². The first-order chi connectivity index (χ1) is 8.52. The van der Waals surface area contributed by atoms with Gasteiger partial charge in [-0.2, -0.15) is 0 Å². The van der Waals surface area contributed by atoms with Crippen LogP contribution in [0.5, 0.6) is 0 Å². The van der Waals surface area contributed by atoms with Crippen LogP contribution in [0.4, 0.5) is 0 Å². The lowest BCUT2D eigenvalue weighted by atomic mass is 10.0. The van der Waals surface area contributed by atoms with Crippen LogP contribution in [0.2, 0.25) is 0 Å². The van der Waals surface area contributed by atoms with Crippen molar-refractivity contribution in [3.05, 3.63) is 11.3 Å². The fraction of sp³-hybridized carbons (Fsp3) is 0.583. The fourth-order valence-corrected chi connectivity index (χ4v) is 2.44. The van der Waals surface area contributed by atoms with Crippen molar-refractivity contribution in [3.63, 3.8) is 0 Å². The van der Waals surface area contributed by atoms with E-state index in [-0.39, 0.29) is 6.54 Å². The normalized spacial score (nSPS) is 24.7. The van der Waals surface area contributed by atoms with E-state index in [0.29, 0.717) is 13.1 Å². The van der Waals surface area contributed by atoms with Crippen LogP contribution >= 0.6 is 0 Å². The van der Waals surface area contributed by atoms with Crippen LogP contribution in [0.1, 0.15) is 13.8 Å². The van der Waals surface area contributed by atoms with Crippen molar-refractivity contribution in [2.45, 2.75) is 19.9 Å². The van der Waals surface area contributed by atoms with E-state index in [2.05, 4.69) is 9.89 Å². The summed E-state index contributed by atoms with van der Waals surface area (Å²) >= 11 is 0. The van der Waals surface area contributed by atoms with Crippen LogP contribution in [0.25, 0.3) is 0 Å². The standard InChI is InChI=1S/C12H17N3O3/c1-8-10(7-16)13-9(2)15-4-3-14(5-11(8)15)6-12(17)18/h7,10H,3-6H2,1-2H3,(H,17,18)/t10-/m0/s1. The predicted octanol–water partition coefficient (Wildman–Crippen LogP) is -0.0379. The van der Waals surface area contributed by atoms with Crippen LogP contribution in [-0.4, -0.2) is 65.2 Å². The SMILES string of the molecule is CC1=N[C@@H](C=O)C(C)=C2CN(CC(=O)O)CCN12. The van der Waals surface area contributed by atoms with Gasteiger partial charge in [0.2, 0.25) is 0 Å². The molecule has 6 nitrogen and oxygen atoms in total. The Morgan fingerprint density at radius 2 is 2.22 bits per heavy atom. The third-order valence-corrected chi connectivity index (χ3v) is 3.44. The van der Waals surface area contributed by atoms with E-state index in [1.54, 1.807) is 0 Å². The van der Waals surface area contributed by atoms with E-state index in [1.807, 2.05) is 18.7 Å². The smallest absolute Gasteiger partial charge is 0.317 e. The molecular formula is C12H17N3O3. The number of hydrogen-bond donors (Lipinski definition) is 1. The zero-order valence-electron chi connectivity index (χ0n) is 10.6. The van der Waals surface area contributed by atoms with Gasteiger partial charge in [-0.05, 0) is 19.4 Å². The van der Waals surface area contributed by atoms with Crippen LogP contribution in [0, 0.1) is 0 Å². The molecule has 0 aromatic carbocycles. The van der Waals surface area contributed by atoms with Crippen LogP contribution in [0.3, 0.4) is 0 Å². The molecule has 2 rings (SSSR count). The van der Waals surface area contributed by atoms with Crippen molar-refractivity contribution >= 4 is 18.1 Å². The maximum atomic E-state index is 11.0. The van der Waals surface area contributed by atoms with Gasteiger partial charge in [0, 0.05) is 25.3 Å². The second-order valence-corrected chi connectivity index (χ2v) is 4.64. The summed E-state index contributed by atoms with van der Waals surface area (Å²) in [6.45, 7) is 5.79. The highest BCUT2D eigenvalue weighted by atomic mass is 16.4. The first kappa shape index (κ1) is 12.8. The molecule has 2 aliphatic rings. The zero-order valence-corrected chi connectivity index (χ0v) is 10.6. The van der Waals surface area contributed by atoms with Crippen LogP contribution < -0.4 is 0 Å². The number of aliphatic carboxylic acids is 1. The summed E-state index contributed by atoms with van der Waals surface area (Å²) in [4.78, 5) is 30.0. The second kappa shape index (κ2) is 4.89. The monoisotopic (exact) mass is 251 g/mol. The number of carboxylic acid groups (broad SMARTS) is 1. The molecule has 1 atom stereocenters. The van der Waals surface area contributed by atoms with E-state index in [1.165, 1.54) is 0 Å². The Kier molecular flexibility index (Phi) is 3.47. The zero-order chi connectivity index (χ0) is 13.3. The first-order valence-corrected chi connectivity index (χ1v) is 5.94. The number of carbonyl (C=O) groups is 2. The van der Waals surface area contributed by atoms with Gasteiger partial charge in [-0.3, -0.25) is 14.7 Å². The first-order valence-electron chi connectivity index (χ1n) is 5.94. The quantitative estimate of drug-likeness (QED) is 0.713. The number of hydrogen-bond acceptors (Lipinski definition) is 5. The van der Waals surface area contributed by atoms with E-state index in [4.69, 9.17) is 5.11 Å². The number of fused-ring (bicyclic) bond motifs is 1. The number of aldehydes is 1. The van der Waals surface area contributed by atoms with Gasteiger partial charge in [0.25, 0.3) is 0 Å². The van der Waals surface area contributed by atoms with Crippen LogP contribution in [-0.2, 0) is 9.59 Å². The lowest BCUT2D eigenvalue weighted by molar-refractivity contribution is -0.138. The molecule has 0 aromatic rings. The maximum absolute atomic E-state index is 11.0. The Bertz CT molecular complexity index is 442. The highest BCUT2D eigenvalue weighted by Crippen LogP contribution is 2.24. The predicted molar refractivity (Wildman–Crippen MR) is 66.4 cm³/mol. The topological polar surface area (TPSA) is 73.2 Å². The molecule has 0 saturated carbocycles. The highest BCUT2D eigenvalue weighted by molar-refractivity contribution is 5.86. The Morgan fingerprint density at radius 1 is 1.50 bits per heavy atom. The van der Waals surface area contributed by atoms with Crippen molar-refractivity contribution in [1.82, 2.24) is 9.80 Å². The third-order valence-electron chi connectivity index (χ3n) is 3.44. The van der Waals surface area contributed by atoms with E-state index >= 15 is 0 Å². The number of aliphatic imine (C=N–C) groups is 1. The molecule has 0 aromatic heterocycles. The minimum atomic E-state index is -0.824. The summed E-state index contributed by atoms with van der Waals surface area (Å²) < 4.78 is 0. The number of rotatable bonds is 3. The molecule has 0 spiro atoms. The minimum Gasteiger partial charge on any atom is -0.480 e. The number of carbonyl (C=O) groups excluding carboxylic acids is 1. The Labute approximate surface area is 106 Å². The molecule has 1 N–H and O–H groups in total. The van der Waals surface area contributed by atoms with Crippen molar-refractivity contribution in [1.29, 1.82) is 0 Å². The molecule has 1 fully saturated rings. The van der Waals surface area contributed by atoms with E-state index < -0.39 is 12.0 Å². The van der Waals surface area contributed by atoms with Crippen molar-refractivity contribution in [3.8, 4) is 0 Å². The fourth-order valence-electron chi connectivity index (χ4n) is 2.44. The van der Waals surface area contributed by atoms with Gasteiger partial charge in [0.1, 0.15) is 18.2 Å². The summed E-state index contributed by atoms with van der Waals surface area (Å²) in [7, 11) is 0. The highest BCUT2D eigenvalue weighted by Gasteiger charge is 2.30. The number of nitrogens with zero attached hydrogens (tertiary/aromatic N) is 3. The molecule has 0 unspecified atom stereocenters. The van der Waals surface area contributed by atoms with Gasteiger partial charge in [-0.1, -0.05) is 0 Å². The second-order valence-electron chi connectivity index (χ2n) is 4.64. The summed E-state index contributed by atoms with van der Waals surface area (Å²) in [6.07, 6.45) is 0.833. The Balaban J connectivity index is 2.22. The lowest BCUT2D eigenvalue weighted by Gasteiger charge is -2.41. The lowest BCUT2D eigenvalue weighted by Crippen LogP contribution is -2.50. The maximum Gasteiger partial charge on any atom is 0.317 e. The molecule has 2 heterocycles. The number of carboxylic acids is 1. The molecule has 1 saturated heterocycles. The average Bonchev–Trinajstić information content (AvgIpc) is 2.33. The summed E-state index contributed by atoms with van der Waals surface area (Å²) in [5, 5.41) is 8.83. The summed E-state index contributed by atoms with van der Waals surface area (Å²) in [6, 6.07) is -0.416. The molecule has 0 aliphatic carbocycles. The largest absolute Gasteiger partial charge is 0.480 e. The average molecular weight is 251 g/mol. The van der Waals surface area contributed by atoms with E-state index in [9.17, 15) is 9.59 Å². The third kappa shape index (κ3) is 2.28.